The van der Waals surface area contributed by atoms with Crippen LogP contribution in [0.2, 0.25) is 0 Å². The Hall–Kier alpha value is -3.08. The molecule has 5 nitrogen and oxygen atoms in total. The molecule has 0 radical (unpaired) electrons. The first-order valence-electron chi connectivity index (χ1n) is 9.82. The smallest absolute Gasteiger partial charge is 0.272 e. The molecule has 0 unspecified atom stereocenters. The van der Waals surface area contributed by atoms with Gasteiger partial charge < -0.3 is 15.5 Å². The number of amides is 2. The first kappa shape index (κ1) is 19.7. The van der Waals surface area contributed by atoms with Gasteiger partial charge >= 0.3 is 0 Å². The molecule has 1 heterocycles. The van der Waals surface area contributed by atoms with Crippen LogP contribution in [-0.2, 0) is 9.59 Å². The molecule has 2 amide bonds. The zero-order chi connectivity index (χ0) is 19.8. The zero-order valence-electron chi connectivity index (χ0n) is 16.3. The summed E-state index contributed by atoms with van der Waals surface area (Å²) in [5.74, 6) is -0.629. The van der Waals surface area contributed by atoms with E-state index in [4.69, 9.17) is 0 Å². The molecule has 0 spiro atoms. The highest BCUT2D eigenvalue weighted by molar-refractivity contribution is 6.08. The highest BCUT2D eigenvalue weighted by Crippen LogP contribution is 2.22. The minimum Gasteiger partial charge on any atom is -0.372 e. The van der Waals surface area contributed by atoms with Crippen LogP contribution in [0.25, 0.3) is 6.08 Å². The standard InChI is InChI=1S/C23H27N3O2/c1-18(27)24-22(17-19-9-5-4-6-10-19)23(28)25-20-11-13-21(14-12-20)26-15-7-2-3-8-16-26/h4-6,9-14,17H,2-3,7-8,15-16H2,1H3,(H,24,27)(H,25,28)/b22-17-. The van der Waals surface area contributed by atoms with Crippen molar-refractivity contribution in [3.63, 3.8) is 0 Å². The zero-order valence-corrected chi connectivity index (χ0v) is 16.3. The van der Waals surface area contributed by atoms with Gasteiger partial charge in [0.25, 0.3) is 5.91 Å². The Morgan fingerprint density at radius 2 is 1.54 bits per heavy atom. The number of carbonyl (C=O) groups excluding carboxylic acids is 2. The molecule has 0 bridgehead atoms. The largest absolute Gasteiger partial charge is 0.372 e. The van der Waals surface area contributed by atoms with E-state index < -0.39 is 0 Å². The van der Waals surface area contributed by atoms with Crippen LogP contribution in [0, 0.1) is 0 Å². The summed E-state index contributed by atoms with van der Waals surface area (Å²) in [4.78, 5) is 26.6. The summed E-state index contributed by atoms with van der Waals surface area (Å²) in [6.07, 6.45) is 6.71. The normalized spacial score (nSPS) is 14.9. The van der Waals surface area contributed by atoms with E-state index in [2.05, 4.69) is 15.5 Å². The highest BCUT2D eigenvalue weighted by atomic mass is 16.2. The maximum Gasteiger partial charge on any atom is 0.272 e. The molecule has 2 aromatic rings. The third-order valence-electron chi connectivity index (χ3n) is 4.76. The van der Waals surface area contributed by atoms with Crippen molar-refractivity contribution >= 4 is 29.3 Å². The van der Waals surface area contributed by atoms with Crippen molar-refractivity contribution in [2.75, 3.05) is 23.3 Å². The molecule has 5 heteroatoms. The van der Waals surface area contributed by atoms with Gasteiger partial charge in [-0.05, 0) is 48.7 Å². The lowest BCUT2D eigenvalue weighted by atomic mass is 10.2. The molecule has 0 aliphatic carbocycles. The number of hydrogen-bond donors (Lipinski definition) is 2. The topological polar surface area (TPSA) is 61.4 Å². The van der Waals surface area contributed by atoms with Crippen LogP contribution >= 0.6 is 0 Å². The SMILES string of the molecule is CC(=O)N/C(=C\c1ccccc1)C(=O)Nc1ccc(N2CCCCCC2)cc1. The van der Waals surface area contributed by atoms with E-state index in [0.29, 0.717) is 5.69 Å². The van der Waals surface area contributed by atoms with E-state index in [1.54, 1.807) is 6.08 Å². The van der Waals surface area contributed by atoms with Crippen LogP contribution in [0.3, 0.4) is 0 Å². The van der Waals surface area contributed by atoms with Crippen LogP contribution in [0.1, 0.15) is 38.2 Å². The third-order valence-corrected chi connectivity index (χ3v) is 4.76. The lowest BCUT2D eigenvalue weighted by Gasteiger charge is -2.22. The number of carbonyl (C=O) groups is 2. The fourth-order valence-corrected chi connectivity index (χ4v) is 3.35. The van der Waals surface area contributed by atoms with Gasteiger partial charge in [0.05, 0.1) is 0 Å². The van der Waals surface area contributed by atoms with E-state index in [-0.39, 0.29) is 17.5 Å². The minimum absolute atomic E-state index is 0.218. The monoisotopic (exact) mass is 377 g/mol. The summed E-state index contributed by atoms with van der Waals surface area (Å²) < 4.78 is 0. The number of nitrogens with one attached hydrogen (secondary N) is 2. The van der Waals surface area contributed by atoms with Gasteiger partial charge in [-0.2, -0.15) is 0 Å². The first-order valence-corrected chi connectivity index (χ1v) is 9.82. The summed E-state index contributed by atoms with van der Waals surface area (Å²) in [6.45, 7) is 3.55. The Balaban J connectivity index is 1.70. The summed E-state index contributed by atoms with van der Waals surface area (Å²) in [5, 5.41) is 5.49. The molecule has 0 aromatic heterocycles. The van der Waals surface area contributed by atoms with Crippen molar-refractivity contribution in [2.45, 2.75) is 32.6 Å². The Morgan fingerprint density at radius 3 is 2.14 bits per heavy atom. The summed E-state index contributed by atoms with van der Waals surface area (Å²) in [5.41, 5.74) is 2.95. The van der Waals surface area contributed by atoms with E-state index in [1.165, 1.54) is 38.3 Å². The van der Waals surface area contributed by atoms with Crippen molar-refractivity contribution in [3.8, 4) is 0 Å². The summed E-state index contributed by atoms with van der Waals surface area (Å²) in [7, 11) is 0. The molecule has 1 fully saturated rings. The molecule has 1 saturated heterocycles. The van der Waals surface area contributed by atoms with E-state index >= 15 is 0 Å². The molecule has 146 valence electrons. The number of benzene rings is 2. The lowest BCUT2D eigenvalue weighted by molar-refractivity contribution is -0.120. The Kier molecular flexibility index (Phi) is 6.84. The first-order chi connectivity index (χ1) is 13.6. The van der Waals surface area contributed by atoms with Gasteiger partial charge in [0.15, 0.2) is 0 Å². The minimum atomic E-state index is -0.346. The molecule has 1 aliphatic rings. The van der Waals surface area contributed by atoms with Crippen molar-refractivity contribution < 1.29 is 9.59 Å². The Bertz CT molecular complexity index is 821. The second-order valence-electron chi connectivity index (χ2n) is 7.05. The predicted molar refractivity (Wildman–Crippen MR) is 114 cm³/mol. The second kappa shape index (κ2) is 9.74. The summed E-state index contributed by atoms with van der Waals surface area (Å²) >= 11 is 0. The Labute approximate surface area is 166 Å². The fourth-order valence-electron chi connectivity index (χ4n) is 3.35. The lowest BCUT2D eigenvalue weighted by Crippen LogP contribution is -2.29. The van der Waals surface area contributed by atoms with E-state index in [0.717, 1.165) is 18.7 Å². The van der Waals surface area contributed by atoms with Crippen LogP contribution in [0.4, 0.5) is 11.4 Å². The van der Waals surface area contributed by atoms with Crippen LogP contribution in [-0.4, -0.2) is 24.9 Å². The quantitative estimate of drug-likeness (QED) is 0.769. The number of rotatable bonds is 5. The van der Waals surface area contributed by atoms with Gasteiger partial charge in [-0.3, -0.25) is 9.59 Å². The number of hydrogen-bond acceptors (Lipinski definition) is 3. The molecule has 0 saturated carbocycles. The molecular formula is C23H27N3O2. The second-order valence-corrected chi connectivity index (χ2v) is 7.05. The van der Waals surface area contributed by atoms with Gasteiger partial charge in [-0.1, -0.05) is 43.2 Å². The maximum atomic E-state index is 12.7. The molecule has 3 rings (SSSR count). The van der Waals surface area contributed by atoms with E-state index in [1.807, 2.05) is 54.6 Å². The molecule has 1 aliphatic heterocycles. The molecular weight excluding hydrogens is 350 g/mol. The predicted octanol–water partition coefficient (Wildman–Crippen LogP) is 4.18. The fraction of sp³-hybridized carbons (Fsp3) is 0.304. The third kappa shape index (κ3) is 5.71. The van der Waals surface area contributed by atoms with Crippen molar-refractivity contribution in [3.05, 3.63) is 65.9 Å². The van der Waals surface area contributed by atoms with Gasteiger partial charge in [-0.25, -0.2) is 0 Å². The summed E-state index contributed by atoms with van der Waals surface area (Å²) in [6, 6.07) is 17.3. The average Bonchev–Trinajstić information content (AvgIpc) is 2.98. The number of nitrogens with zero attached hydrogens (tertiary/aromatic N) is 1. The molecule has 0 atom stereocenters. The highest BCUT2D eigenvalue weighted by Gasteiger charge is 2.13. The molecule has 2 N–H and O–H groups in total. The van der Waals surface area contributed by atoms with E-state index in [9.17, 15) is 9.59 Å². The maximum absolute atomic E-state index is 12.7. The Morgan fingerprint density at radius 1 is 0.893 bits per heavy atom. The molecule has 28 heavy (non-hydrogen) atoms. The number of anilines is 2. The van der Waals surface area contributed by atoms with Gasteiger partial charge in [0, 0.05) is 31.4 Å². The van der Waals surface area contributed by atoms with Crippen LogP contribution in [0.5, 0.6) is 0 Å². The molecule has 2 aromatic carbocycles. The van der Waals surface area contributed by atoms with Gasteiger partial charge in [0.2, 0.25) is 5.91 Å². The average molecular weight is 377 g/mol. The van der Waals surface area contributed by atoms with Gasteiger partial charge in [-0.15, -0.1) is 0 Å². The van der Waals surface area contributed by atoms with Gasteiger partial charge in [0.1, 0.15) is 5.70 Å². The van der Waals surface area contributed by atoms with Crippen LogP contribution in [0.15, 0.2) is 60.3 Å². The van der Waals surface area contributed by atoms with Crippen LogP contribution < -0.4 is 15.5 Å². The van der Waals surface area contributed by atoms with Crippen molar-refractivity contribution in [2.24, 2.45) is 0 Å². The van der Waals surface area contributed by atoms with Crippen molar-refractivity contribution in [1.29, 1.82) is 0 Å². The van der Waals surface area contributed by atoms with Crippen molar-refractivity contribution in [1.82, 2.24) is 5.32 Å².